The summed E-state index contributed by atoms with van der Waals surface area (Å²) in [6.45, 7) is 2.55. The Bertz CT molecular complexity index is 1490. The summed E-state index contributed by atoms with van der Waals surface area (Å²) in [4.78, 5) is 33.6. The van der Waals surface area contributed by atoms with Gasteiger partial charge in [0.15, 0.2) is 16.9 Å². The van der Waals surface area contributed by atoms with Crippen LogP contribution >= 0.6 is 0 Å². The lowest BCUT2D eigenvalue weighted by Crippen LogP contribution is -2.47. The number of aromatic nitrogens is 2. The largest absolute Gasteiger partial charge is 0.493 e. The lowest BCUT2D eigenvalue weighted by molar-refractivity contribution is -0.384. The van der Waals surface area contributed by atoms with Crippen LogP contribution in [0.3, 0.4) is 0 Å². The van der Waals surface area contributed by atoms with Gasteiger partial charge < -0.3 is 23.8 Å². The van der Waals surface area contributed by atoms with Gasteiger partial charge in [0.1, 0.15) is 11.5 Å². The Hall–Kier alpha value is -4.34. The SMILES string of the molecule is COc1cc2c(=O)c3cc([N+](=O)[O-])c(N4CCN(c5ccccn5)CC4)cc3n(C)c2cc1OC. The van der Waals surface area contributed by atoms with Crippen molar-refractivity contribution in [1.29, 1.82) is 0 Å². The standard InChI is InChI=1S/C25H25N5O5/c1-27-18-14-20(28-8-10-29(11-9-28)24-6-4-5-7-26-24)21(30(32)33)12-16(18)25(31)17-13-22(34-2)23(35-3)15-19(17)27/h4-7,12-15H,8-11H2,1-3H3. The van der Waals surface area contributed by atoms with Crippen LogP contribution in [0, 0.1) is 10.1 Å². The van der Waals surface area contributed by atoms with Crippen LogP contribution in [0.4, 0.5) is 17.2 Å². The second-order valence-electron chi connectivity index (χ2n) is 8.39. The lowest BCUT2D eigenvalue weighted by atomic mass is 10.1. The van der Waals surface area contributed by atoms with E-state index in [2.05, 4.69) is 9.88 Å². The molecule has 0 aliphatic carbocycles. The number of aryl methyl sites for hydroxylation is 1. The molecule has 3 heterocycles. The summed E-state index contributed by atoms with van der Waals surface area (Å²) >= 11 is 0. The summed E-state index contributed by atoms with van der Waals surface area (Å²) in [6.07, 6.45) is 1.76. The van der Waals surface area contributed by atoms with E-state index in [1.54, 1.807) is 24.4 Å². The topological polar surface area (TPSA) is 103 Å². The van der Waals surface area contributed by atoms with Crippen LogP contribution in [-0.4, -0.2) is 54.9 Å². The molecule has 0 amide bonds. The minimum atomic E-state index is -0.419. The van der Waals surface area contributed by atoms with Crippen molar-refractivity contribution in [3.05, 3.63) is 69.0 Å². The van der Waals surface area contributed by atoms with Gasteiger partial charge in [-0.25, -0.2) is 4.98 Å². The van der Waals surface area contributed by atoms with E-state index in [1.807, 2.05) is 34.7 Å². The molecule has 0 unspecified atom stereocenters. The van der Waals surface area contributed by atoms with Crippen LogP contribution in [0.25, 0.3) is 21.8 Å². The first kappa shape index (κ1) is 22.5. The highest BCUT2D eigenvalue weighted by Gasteiger charge is 2.27. The van der Waals surface area contributed by atoms with E-state index in [4.69, 9.17) is 9.47 Å². The third-order valence-electron chi connectivity index (χ3n) is 6.60. The van der Waals surface area contributed by atoms with Crippen molar-refractivity contribution < 1.29 is 14.4 Å². The van der Waals surface area contributed by atoms with Crippen LogP contribution in [0.2, 0.25) is 0 Å². The van der Waals surface area contributed by atoms with Crippen molar-refractivity contribution >= 4 is 39.0 Å². The molecule has 0 N–H and O–H groups in total. The van der Waals surface area contributed by atoms with Gasteiger partial charge in [-0.1, -0.05) is 6.07 Å². The molecule has 2 aromatic heterocycles. The Morgan fingerprint density at radius 2 is 1.54 bits per heavy atom. The van der Waals surface area contributed by atoms with Crippen molar-refractivity contribution in [1.82, 2.24) is 9.55 Å². The monoisotopic (exact) mass is 475 g/mol. The molecule has 10 heteroatoms. The highest BCUT2D eigenvalue weighted by Crippen LogP contribution is 2.36. The second kappa shape index (κ2) is 8.79. The number of pyridine rings is 2. The molecule has 5 rings (SSSR count). The number of hydrogen-bond acceptors (Lipinski definition) is 8. The summed E-state index contributed by atoms with van der Waals surface area (Å²) < 4.78 is 12.6. The Morgan fingerprint density at radius 3 is 2.17 bits per heavy atom. The van der Waals surface area contributed by atoms with E-state index < -0.39 is 4.92 Å². The third kappa shape index (κ3) is 3.76. The highest BCUT2D eigenvalue weighted by molar-refractivity contribution is 5.98. The van der Waals surface area contributed by atoms with Gasteiger partial charge in [-0.3, -0.25) is 14.9 Å². The number of piperazine rings is 1. The van der Waals surface area contributed by atoms with E-state index in [9.17, 15) is 14.9 Å². The average Bonchev–Trinajstić information content (AvgIpc) is 2.90. The molecule has 1 fully saturated rings. The number of benzene rings is 2. The lowest BCUT2D eigenvalue weighted by Gasteiger charge is -2.36. The third-order valence-corrected chi connectivity index (χ3v) is 6.60. The molecular formula is C25H25N5O5. The normalized spacial score (nSPS) is 13.9. The minimum absolute atomic E-state index is 0.0827. The van der Waals surface area contributed by atoms with E-state index in [-0.39, 0.29) is 16.5 Å². The van der Waals surface area contributed by atoms with E-state index in [1.165, 1.54) is 20.3 Å². The predicted molar refractivity (Wildman–Crippen MR) is 135 cm³/mol. The first-order valence-electron chi connectivity index (χ1n) is 11.2. The van der Waals surface area contributed by atoms with Gasteiger partial charge in [-0.2, -0.15) is 0 Å². The van der Waals surface area contributed by atoms with Gasteiger partial charge in [-0.15, -0.1) is 0 Å². The second-order valence-corrected chi connectivity index (χ2v) is 8.39. The van der Waals surface area contributed by atoms with E-state index in [0.29, 0.717) is 59.8 Å². The molecule has 10 nitrogen and oxygen atoms in total. The van der Waals surface area contributed by atoms with Crippen LogP contribution in [0.15, 0.2) is 53.5 Å². The molecule has 1 aliphatic rings. The number of nitro groups is 1. The molecular weight excluding hydrogens is 450 g/mol. The summed E-state index contributed by atoms with van der Waals surface area (Å²) in [5.41, 5.74) is 1.39. The molecule has 0 radical (unpaired) electrons. The molecule has 0 bridgehead atoms. The van der Waals surface area contributed by atoms with Crippen LogP contribution in [0.5, 0.6) is 11.5 Å². The Morgan fingerprint density at radius 1 is 0.914 bits per heavy atom. The minimum Gasteiger partial charge on any atom is -0.493 e. The maximum absolute atomic E-state index is 13.4. The molecule has 4 aromatic rings. The molecule has 1 saturated heterocycles. The highest BCUT2D eigenvalue weighted by atomic mass is 16.6. The summed E-state index contributed by atoms with van der Waals surface area (Å²) in [6, 6.07) is 12.3. The zero-order valence-corrected chi connectivity index (χ0v) is 19.7. The van der Waals surface area contributed by atoms with Crippen molar-refractivity contribution in [2.45, 2.75) is 0 Å². The zero-order valence-electron chi connectivity index (χ0n) is 19.7. The number of rotatable bonds is 5. The number of fused-ring (bicyclic) bond motifs is 2. The van der Waals surface area contributed by atoms with Gasteiger partial charge in [0.05, 0.1) is 40.9 Å². The van der Waals surface area contributed by atoms with Crippen LogP contribution in [0.1, 0.15) is 0 Å². The maximum Gasteiger partial charge on any atom is 0.293 e. The average molecular weight is 476 g/mol. The number of ether oxygens (including phenoxy) is 2. The van der Waals surface area contributed by atoms with Gasteiger partial charge in [0.25, 0.3) is 5.69 Å². The van der Waals surface area contributed by atoms with Gasteiger partial charge in [0.2, 0.25) is 0 Å². The van der Waals surface area contributed by atoms with Crippen LogP contribution in [-0.2, 0) is 7.05 Å². The van der Waals surface area contributed by atoms with E-state index >= 15 is 0 Å². The number of anilines is 2. The Balaban J connectivity index is 1.63. The molecule has 1 aliphatic heterocycles. The Labute approximate surface area is 201 Å². The number of nitrogens with zero attached hydrogens (tertiary/aromatic N) is 5. The predicted octanol–water partition coefficient (Wildman–Crippen LogP) is 3.34. The maximum atomic E-state index is 13.4. The van der Waals surface area contributed by atoms with E-state index in [0.717, 1.165) is 5.82 Å². The fraction of sp³-hybridized carbons (Fsp3) is 0.280. The number of methoxy groups -OCH3 is 2. The van der Waals surface area contributed by atoms with Crippen LogP contribution < -0.4 is 24.7 Å². The molecule has 35 heavy (non-hydrogen) atoms. The molecule has 180 valence electrons. The van der Waals surface area contributed by atoms with Crippen molar-refractivity contribution in [3.8, 4) is 11.5 Å². The summed E-state index contributed by atoms with van der Waals surface area (Å²) in [7, 11) is 4.87. The summed E-state index contributed by atoms with van der Waals surface area (Å²) in [5.74, 6) is 1.81. The molecule has 2 aromatic carbocycles. The van der Waals surface area contributed by atoms with Crippen molar-refractivity contribution in [3.63, 3.8) is 0 Å². The molecule has 0 saturated carbocycles. The fourth-order valence-electron chi connectivity index (χ4n) is 4.74. The smallest absolute Gasteiger partial charge is 0.293 e. The first-order valence-corrected chi connectivity index (χ1v) is 11.2. The molecule has 0 spiro atoms. The summed E-state index contributed by atoms with van der Waals surface area (Å²) in [5, 5.41) is 12.7. The van der Waals surface area contributed by atoms with Crippen molar-refractivity contribution in [2.75, 3.05) is 50.2 Å². The zero-order chi connectivity index (χ0) is 24.7. The fourth-order valence-corrected chi connectivity index (χ4v) is 4.74. The molecule has 0 atom stereocenters. The quantitative estimate of drug-likeness (QED) is 0.246. The first-order chi connectivity index (χ1) is 16.9. The van der Waals surface area contributed by atoms with Gasteiger partial charge >= 0.3 is 0 Å². The number of hydrogen-bond donors (Lipinski definition) is 0. The Kier molecular flexibility index (Phi) is 5.64. The van der Waals surface area contributed by atoms with Gasteiger partial charge in [-0.05, 0) is 24.3 Å². The van der Waals surface area contributed by atoms with Gasteiger partial charge in [0, 0.05) is 51.6 Å². The van der Waals surface area contributed by atoms with Crippen molar-refractivity contribution in [2.24, 2.45) is 7.05 Å². The number of nitro benzene ring substituents is 1.